The Morgan fingerprint density at radius 1 is 1.09 bits per heavy atom. The van der Waals surface area contributed by atoms with Gasteiger partial charge in [0.2, 0.25) is 0 Å². The third kappa shape index (κ3) is 6.24. The summed E-state index contributed by atoms with van der Waals surface area (Å²) in [6.07, 6.45) is -2.44. The Balaban J connectivity index is 1.49. The second-order valence-electron chi connectivity index (χ2n) is 8.29. The summed E-state index contributed by atoms with van der Waals surface area (Å²) in [7, 11) is 1.57. The molecule has 1 fully saturated rings. The van der Waals surface area contributed by atoms with Gasteiger partial charge < -0.3 is 14.5 Å². The van der Waals surface area contributed by atoms with Crippen molar-refractivity contribution in [2.24, 2.45) is 5.92 Å². The van der Waals surface area contributed by atoms with E-state index in [1.54, 1.807) is 31.4 Å². The van der Waals surface area contributed by atoms with Crippen LogP contribution in [0.2, 0.25) is 0 Å². The van der Waals surface area contributed by atoms with Crippen LogP contribution in [-0.4, -0.2) is 29.2 Å². The standard InChI is InChI=1S/C25H23F3N2O4/c1-33-18-8-2-15(3-9-18)12-23-29-21(14-24(32)30-23)22(31)13-20(16-4-5-16)17-6-10-19(11-7-17)34-25(26,27)28/h2-3,6-11,14,16,20H,4-5,12-13H2,1H3,(H,29,30,32)/t20-/m1/s1. The maximum atomic E-state index is 13.1. The summed E-state index contributed by atoms with van der Waals surface area (Å²) < 4.78 is 46.4. The number of aromatic amines is 1. The van der Waals surface area contributed by atoms with E-state index in [9.17, 15) is 22.8 Å². The zero-order valence-corrected chi connectivity index (χ0v) is 18.4. The molecule has 4 rings (SSSR count). The molecule has 1 saturated carbocycles. The van der Waals surface area contributed by atoms with Gasteiger partial charge in [-0.2, -0.15) is 0 Å². The fourth-order valence-corrected chi connectivity index (χ4v) is 3.95. The highest BCUT2D eigenvalue weighted by Gasteiger charge is 2.35. The van der Waals surface area contributed by atoms with E-state index in [-0.39, 0.29) is 35.5 Å². The Bertz CT molecular complexity index is 1200. The number of H-pyrrole nitrogens is 1. The van der Waals surface area contributed by atoms with E-state index >= 15 is 0 Å². The molecule has 1 aromatic heterocycles. The smallest absolute Gasteiger partial charge is 0.497 e. The molecule has 3 aromatic rings. The molecule has 0 aliphatic heterocycles. The first-order valence-electron chi connectivity index (χ1n) is 10.8. The molecule has 1 N–H and O–H groups in total. The van der Waals surface area contributed by atoms with E-state index in [2.05, 4.69) is 14.7 Å². The van der Waals surface area contributed by atoms with Crippen molar-refractivity contribution in [2.75, 3.05) is 7.11 Å². The van der Waals surface area contributed by atoms with Crippen molar-refractivity contribution in [2.45, 2.75) is 38.0 Å². The zero-order valence-electron chi connectivity index (χ0n) is 18.4. The lowest BCUT2D eigenvalue weighted by atomic mass is 9.88. The van der Waals surface area contributed by atoms with Crippen LogP contribution in [0.15, 0.2) is 59.4 Å². The van der Waals surface area contributed by atoms with Crippen LogP contribution < -0.4 is 15.0 Å². The monoisotopic (exact) mass is 472 g/mol. The highest BCUT2D eigenvalue weighted by Crippen LogP contribution is 2.45. The van der Waals surface area contributed by atoms with Crippen LogP contribution in [0.25, 0.3) is 0 Å². The number of nitrogens with one attached hydrogen (secondary N) is 1. The van der Waals surface area contributed by atoms with Crippen LogP contribution in [0.1, 0.15) is 52.6 Å². The van der Waals surface area contributed by atoms with Gasteiger partial charge in [-0.25, -0.2) is 4.98 Å². The van der Waals surface area contributed by atoms with Gasteiger partial charge in [0, 0.05) is 18.9 Å². The molecule has 178 valence electrons. The first-order valence-corrected chi connectivity index (χ1v) is 10.8. The second kappa shape index (κ2) is 9.70. The molecule has 1 aliphatic carbocycles. The Morgan fingerprint density at radius 2 is 1.74 bits per heavy atom. The molecule has 0 spiro atoms. The number of Topliss-reactive ketones (excluding diaryl/α,β-unsaturated/α-hetero) is 1. The van der Waals surface area contributed by atoms with Crippen molar-refractivity contribution in [3.8, 4) is 11.5 Å². The Morgan fingerprint density at radius 3 is 2.32 bits per heavy atom. The predicted octanol–water partition coefficient (Wildman–Crippen LogP) is 5.03. The normalized spacial score (nSPS) is 14.5. The number of hydrogen-bond acceptors (Lipinski definition) is 5. The summed E-state index contributed by atoms with van der Waals surface area (Å²) in [6, 6.07) is 14.1. The predicted molar refractivity (Wildman–Crippen MR) is 118 cm³/mol. The van der Waals surface area contributed by atoms with Crippen LogP contribution >= 0.6 is 0 Å². The molecule has 2 aromatic carbocycles. The Hall–Kier alpha value is -3.62. The van der Waals surface area contributed by atoms with E-state index in [0.717, 1.165) is 24.0 Å². The molecule has 1 aliphatic rings. The lowest BCUT2D eigenvalue weighted by Gasteiger charge is -2.17. The van der Waals surface area contributed by atoms with Crippen LogP contribution in [0.4, 0.5) is 13.2 Å². The molecule has 9 heteroatoms. The van der Waals surface area contributed by atoms with Gasteiger partial charge in [0.15, 0.2) is 5.78 Å². The van der Waals surface area contributed by atoms with E-state index in [0.29, 0.717) is 18.0 Å². The van der Waals surface area contributed by atoms with Gasteiger partial charge in [0.05, 0.1) is 7.11 Å². The maximum absolute atomic E-state index is 13.1. The first-order chi connectivity index (χ1) is 16.2. The van der Waals surface area contributed by atoms with Crippen molar-refractivity contribution in [3.05, 3.63) is 87.6 Å². The number of rotatable bonds is 9. The van der Waals surface area contributed by atoms with E-state index in [1.807, 2.05) is 12.1 Å². The molecule has 0 bridgehead atoms. The molecule has 0 radical (unpaired) electrons. The van der Waals surface area contributed by atoms with Crippen LogP contribution in [0.5, 0.6) is 11.5 Å². The molecular formula is C25H23F3N2O4. The van der Waals surface area contributed by atoms with Crippen molar-refractivity contribution < 1.29 is 27.4 Å². The highest BCUT2D eigenvalue weighted by molar-refractivity contribution is 5.94. The number of methoxy groups -OCH3 is 1. The molecule has 0 saturated heterocycles. The number of carbonyl (C=O) groups excluding carboxylic acids is 1. The zero-order chi connectivity index (χ0) is 24.3. The van der Waals surface area contributed by atoms with Gasteiger partial charge in [-0.05, 0) is 60.1 Å². The third-order valence-electron chi connectivity index (χ3n) is 5.75. The maximum Gasteiger partial charge on any atom is 0.573 e. The lowest BCUT2D eigenvalue weighted by molar-refractivity contribution is -0.274. The number of alkyl halides is 3. The molecule has 6 nitrogen and oxygen atoms in total. The molecular weight excluding hydrogens is 449 g/mol. The van der Waals surface area contributed by atoms with Gasteiger partial charge in [0.1, 0.15) is 23.0 Å². The number of hydrogen-bond donors (Lipinski definition) is 1. The van der Waals surface area contributed by atoms with Crippen LogP contribution in [-0.2, 0) is 6.42 Å². The van der Waals surface area contributed by atoms with E-state index in [1.165, 1.54) is 18.2 Å². The summed E-state index contributed by atoms with van der Waals surface area (Å²) in [5.74, 6) is 0.583. The average Bonchev–Trinajstić information content (AvgIpc) is 3.62. The van der Waals surface area contributed by atoms with Gasteiger partial charge in [0.25, 0.3) is 5.56 Å². The SMILES string of the molecule is COc1ccc(Cc2nc(C(=O)C[C@@H](c3ccc(OC(F)(F)F)cc3)C3CC3)cc(=O)[nH]2)cc1. The number of benzene rings is 2. The summed E-state index contributed by atoms with van der Waals surface area (Å²) in [6.45, 7) is 0. The van der Waals surface area contributed by atoms with Crippen molar-refractivity contribution >= 4 is 5.78 Å². The lowest BCUT2D eigenvalue weighted by Crippen LogP contribution is -2.18. The van der Waals surface area contributed by atoms with Gasteiger partial charge in [-0.1, -0.05) is 24.3 Å². The summed E-state index contributed by atoms with van der Waals surface area (Å²) in [5.41, 5.74) is 1.31. The topological polar surface area (TPSA) is 81.3 Å². The summed E-state index contributed by atoms with van der Waals surface area (Å²) in [4.78, 5) is 32.3. The van der Waals surface area contributed by atoms with Gasteiger partial charge in [-0.3, -0.25) is 9.59 Å². The molecule has 0 unspecified atom stereocenters. The Kier molecular flexibility index (Phi) is 6.72. The minimum atomic E-state index is -4.76. The van der Waals surface area contributed by atoms with Gasteiger partial charge >= 0.3 is 6.36 Å². The minimum Gasteiger partial charge on any atom is -0.497 e. The fraction of sp³-hybridized carbons (Fsp3) is 0.320. The summed E-state index contributed by atoms with van der Waals surface area (Å²) in [5, 5.41) is 0. The highest BCUT2D eigenvalue weighted by atomic mass is 19.4. The quantitative estimate of drug-likeness (QED) is 0.442. The fourth-order valence-electron chi connectivity index (χ4n) is 3.95. The van der Waals surface area contributed by atoms with Crippen LogP contribution in [0, 0.1) is 5.92 Å². The number of halogens is 3. The number of carbonyl (C=O) groups is 1. The van der Waals surface area contributed by atoms with Crippen molar-refractivity contribution in [1.82, 2.24) is 9.97 Å². The van der Waals surface area contributed by atoms with E-state index in [4.69, 9.17) is 4.74 Å². The summed E-state index contributed by atoms with van der Waals surface area (Å²) >= 11 is 0. The van der Waals surface area contributed by atoms with Crippen LogP contribution in [0.3, 0.4) is 0 Å². The minimum absolute atomic E-state index is 0.0786. The van der Waals surface area contributed by atoms with Crippen molar-refractivity contribution in [1.29, 1.82) is 0 Å². The third-order valence-corrected chi connectivity index (χ3v) is 5.75. The van der Waals surface area contributed by atoms with E-state index < -0.39 is 11.9 Å². The molecule has 34 heavy (non-hydrogen) atoms. The number of ketones is 1. The number of nitrogens with zero attached hydrogens (tertiary/aromatic N) is 1. The molecule has 1 heterocycles. The molecule has 1 atom stereocenters. The number of ether oxygens (including phenoxy) is 2. The number of aromatic nitrogens is 2. The molecule has 0 amide bonds. The van der Waals surface area contributed by atoms with Gasteiger partial charge in [-0.15, -0.1) is 13.2 Å². The largest absolute Gasteiger partial charge is 0.573 e. The Labute approximate surface area is 193 Å². The first kappa shape index (κ1) is 23.5. The second-order valence-corrected chi connectivity index (χ2v) is 8.29. The average molecular weight is 472 g/mol. The van der Waals surface area contributed by atoms with Crippen molar-refractivity contribution in [3.63, 3.8) is 0 Å².